The predicted octanol–water partition coefficient (Wildman–Crippen LogP) is 6.13. The second kappa shape index (κ2) is 12.7. The highest BCUT2D eigenvalue weighted by atomic mass is 28.5. The van der Waals surface area contributed by atoms with Crippen molar-refractivity contribution in [2.24, 2.45) is 0 Å². The fourth-order valence-electron chi connectivity index (χ4n) is 3.63. The minimum Gasteiger partial charge on any atom is -0.462 e. The highest BCUT2D eigenvalue weighted by Gasteiger charge is 2.44. The minimum atomic E-state index is -2.38. The van der Waals surface area contributed by atoms with E-state index in [0.29, 0.717) is 31.8 Å². The first-order chi connectivity index (χ1) is 14.6. The van der Waals surface area contributed by atoms with Crippen molar-refractivity contribution >= 4 is 39.7 Å². The highest BCUT2D eigenvalue weighted by molar-refractivity contribution is 6.89. The van der Waals surface area contributed by atoms with Crippen LogP contribution in [0.5, 0.6) is 0 Å². The Hall–Kier alpha value is -0.602. The molecule has 0 aliphatic rings. The minimum absolute atomic E-state index is 0.291. The number of ether oxygens (including phenoxy) is 2. The van der Waals surface area contributed by atoms with Crippen LogP contribution in [0.25, 0.3) is 0 Å². The summed E-state index contributed by atoms with van der Waals surface area (Å²) in [5, 5.41) is 0. The highest BCUT2D eigenvalue weighted by Crippen LogP contribution is 2.27. The first kappa shape index (κ1) is 29.4. The molecule has 0 heterocycles. The van der Waals surface area contributed by atoms with Crippen molar-refractivity contribution in [3.05, 3.63) is 35.9 Å². The summed E-state index contributed by atoms with van der Waals surface area (Å²) in [4.78, 5) is 11.9. The Morgan fingerprint density at radius 1 is 0.719 bits per heavy atom. The van der Waals surface area contributed by atoms with Crippen LogP contribution >= 0.6 is 0 Å². The lowest BCUT2D eigenvalue weighted by atomic mass is 10.2. The third-order valence-electron chi connectivity index (χ3n) is 4.13. The second-order valence-corrected chi connectivity index (χ2v) is 27.1. The van der Waals surface area contributed by atoms with E-state index in [1.54, 1.807) is 12.1 Å². The smallest absolute Gasteiger partial charge is 0.338 e. The first-order valence-corrected chi connectivity index (χ1v) is 23.7. The summed E-state index contributed by atoms with van der Waals surface area (Å²) < 4.78 is 30.8. The lowest BCUT2D eigenvalue weighted by Gasteiger charge is -2.41. The maximum absolute atomic E-state index is 11.9. The summed E-state index contributed by atoms with van der Waals surface area (Å²) in [6.45, 7) is 21.3. The van der Waals surface area contributed by atoms with Gasteiger partial charge in [0.15, 0.2) is 16.6 Å². The van der Waals surface area contributed by atoms with Crippen LogP contribution in [0.1, 0.15) is 23.2 Å². The summed E-state index contributed by atoms with van der Waals surface area (Å²) in [5.41, 5.74) is 0.574. The van der Waals surface area contributed by atoms with Crippen LogP contribution in [-0.2, 0) is 21.8 Å². The number of hydrogen-bond acceptors (Lipinski definition) is 6. The molecular weight excluding hydrogens is 473 g/mol. The van der Waals surface area contributed by atoms with E-state index in [1.807, 2.05) is 18.2 Å². The molecule has 1 aromatic rings. The van der Waals surface area contributed by atoms with Crippen LogP contribution in [-0.4, -0.2) is 59.5 Å². The van der Waals surface area contributed by atoms with E-state index in [1.165, 1.54) is 0 Å². The summed E-state index contributed by atoms with van der Waals surface area (Å²) in [5.74, 6) is -0.291. The Morgan fingerprint density at radius 3 is 1.84 bits per heavy atom. The molecule has 0 aromatic heterocycles. The molecule has 0 amide bonds. The maximum Gasteiger partial charge on any atom is 0.338 e. The molecule has 1 aromatic carbocycles. The lowest BCUT2D eigenvalue weighted by Crippen LogP contribution is -2.56. The average molecular weight is 517 g/mol. The van der Waals surface area contributed by atoms with Gasteiger partial charge in [-0.25, -0.2) is 4.79 Å². The third kappa shape index (κ3) is 13.8. The zero-order chi connectivity index (χ0) is 24.5. The van der Waals surface area contributed by atoms with Gasteiger partial charge in [-0.2, -0.15) is 0 Å². The number of benzene rings is 1. The molecule has 0 bridgehead atoms. The Balaban J connectivity index is 2.39. The fourth-order valence-corrected chi connectivity index (χ4v) is 21.6. The predicted molar refractivity (Wildman–Crippen MR) is 141 cm³/mol. The number of carbonyl (C=O) groups is 1. The molecule has 0 aliphatic heterocycles. The van der Waals surface area contributed by atoms with Gasteiger partial charge in [-0.15, -0.1) is 0 Å². The molecule has 32 heavy (non-hydrogen) atoms. The van der Waals surface area contributed by atoms with E-state index in [2.05, 4.69) is 58.9 Å². The van der Waals surface area contributed by atoms with Crippen molar-refractivity contribution in [1.29, 1.82) is 0 Å². The van der Waals surface area contributed by atoms with Gasteiger partial charge in [0.1, 0.15) is 0 Å². The van der Waals surface area contributed by atoms with Gasteiger partial charge < -0.3 is 21.8 Å². The fraction of sp³-hybridized carbons (Fsp3) is 0.682. The van der Waals surface area contributed by atoms with Gasteiger partial charge in [-0.05, 0) is 83.5 Å². The zero-order valence-corrected chi connectivity index (χ0v) is 25.6. The van der Waals surface area contributed by atoms with E-state index in [4.69, 9.17) is 21.8 Å². The average Bonchev–Trinajstić information content (AvgIpc) is 2.60. The zero-order valence-electron chi connectivity index (χ0n) is 21.6. The number of carbonyl (C=O) groups excluding carboxylic acids is 1. The standard InChI is InChI=1S/C22H44O6Si4/c1-29(2,3)26-31(7,8)28-32(9,27-30(4,5)6)20-14-18-24-17-13-19-25-22(23)21-15-11-10-12-16-21/h10-12,15-16H,13-14,17-20H2,1-9H3. The second-order valence-electron chi connectivity index (χ2n) is 10.6. The van der Waals surface area contributed by atoms with Crippen LogP contribution in [0, 0.1) is 0 Å². The summed E-state index contributed by atoms with van der Waals surface area (Å²) in [6, 6.07) is 9.92. The van der Waals surface area contributed by atoms with Crippen LogP contribution in [0.4, 0.5) is 0 Å². The van der Waals surface area contributed by atoms with Crippen molar-refractivity contribution < 1.29 is 26.6 Å². The van der Waals surface area contributed by atoms with Crippen LogP contribution in [0.3, 0.4) is 0 Å². The Morgan fingerprint density at radius 2 is 1.28 bits per heavy atom. The van der Waals surface area contributed by atoms with Crippen molar-refractivity contribution in [3.8, 4) is 0 Å². The maximum atomic E-state index is 11.9. The van der Waals surface area contributed by atoms with E-state index < -0.39 is 33.8 Å². The Bertz CT molecular complexity index is 688. The van der Waals surface area contributed by atoms with Gasteiger partial charge in [-0.1, -0.05) is 18.2 Å². The number of esters is 1. The van der Waals surface area contributed by atoms with E-state index in [-0.39, 0.29) is 5.97 Å². The molecule has 1 unspecified atom stereocenters. The molecule has 10 heteroatoms. The molecule has 0 fully saturated rings. The molecule has 1 atom stereocenters. The van der Waals surface area contributed by atoms with Gasteiger partial charge in [-0.3, -0.25) is 0 Å². The molecule has 0 aliphatic carbocycles. The van der Waals surface area contributed by atoms with Gasteiger partial charge in [0.05, 0.1) is 12.2 Å². The van der Waals surface area contributed by atoms with Crippen molar-refractivity contribution in [3.63, 3.8) is 0 Å². The van der Waals surface area contributed by atoms with Gasteiger partial charge in [0, 0.05) is 19.6 Å². The topological polar surface area (TPSA) is 63.2 Å². The molecule has 1 rings (SSSR count). The van der Waals surface area contributed by atoms with E-state index in [9.17, 15) is 4.79 Å². The monoisotopic (exact) mass is 516 g/mol. The molecule has 6 nitrogen and oxygen atoms in total. The molecule has 0 saturated carbocycles. The van der Waals surface area contributed by atoms with Gasteiger partial charge >= 0.3 is 23.1 Å². The molecule has 0 spiro atoms. The van der Waals surface area contributed by atoms with Gasteiger partial charge in [0.2, 0.25) is 0 Å². The van der Waals surface area contributed by atoms with Crippen molar-refractivity contribution in [2.75, 3.05) is 19.8 Å². The SMILES string of the molecule is C[Si](C)(C)O[Si](C)(C)O[Si](C)(CCCOCCCOC(=O)c1ccccc1)O[Si](C)(C)C. The van der Waals surface area contributed by atoms with E-state index >= 15 is 0 Å². The molecule has 0 saturated heterocycles. The van der Waals surface area contributed by atoms with Crippen LogP contribution < -0.4 is 0 Å². The number of rotatable bonds is 15. The third-order valence-corrected chi connectivity index (χ3v) is 17.7. The van der Waals surface area contributed by atoms with E-state index in [0.717, 1.165) is 12.5 Å². The molecule has 0 radical (unpaired) electrons. The Kier molecular flexibility index (Phi) is 11.7. The Labute approximate surface area is 199 Å². The largest absolute Gasteiger partial charge is 0.462 e. The quantitative estimate of drug-likeness (QED) is 0.159. The molecule has 0 N–H and O–H groups in total. The number of hydrogen-bond donors (Lipinski definition) is 0. The summed E-state index contributed by atoms with van der Waals surface area (Å²) in [7, 11) is -8.08. The van der Waals surface area contributed by atoms with Crippen LogP contribution in [0.15, 0.2) is 30.3 Å². The van der Waals surface area contributed by atoms with Crippen LogP contribution in [0.2, 0.25) is 65.0 Å². The normalized spacial score (nSPS) is 14.8. The summed E-state index contributed by atoms with van der Waals surface area (Å²) >= 11 is 0. The van der Waals surface area contributed by atoms with Crippen molar-refractivity contribution in [2.45, 2.75) is 77.8 Å². The summed E-state index contributed by atoms with van der Waals surface area (Å²) in [6.07, 6.45) is 1.56. The van der Waals surface area contributed by atoms with Gasteiger partial charge in [0.25, 0.3) is 0 Å². The first-order valence-electron chi connectivity index (χ1n) is 11.5. The van der Waals surface area contributed by atoms with Crippen molar-refractivity contribution in [1.82, 2.24) is 0 Å². The molecular formula is C22H44O6Si4. The molecule has 184 valence electrons. The lowest BCUT2D eigenvalue weighted by molar-refractivity contribution is 0.0445.